The van der Waals surface area contributed by atoms with Gasteiger partial charge in [-0.15, -0.1) is 4.73 Å². The maximum absolute atomic E-state index is 12.4. The zero-order chi connectivity index (χ0) is 57.3. The van der Waals surface area contributed by atoms with Crippen molar-refractivity contribution in [2.24, 2.45) is 0 Å². The number of carbonyl (C=O) groups excluding carboxylic acids is 1. The van der Waals surface area contributed by atoms with Gasteiger partial charge in [0.2, 0.25) is 11.8 Å². The SMILES string of the molecule is COCCOCCOCCOCCN(CCCS(=O)(=O)O)C1=CC2OC=CC(C=CC=C3N(CCOCCOCCOCCOCCC(=O)On4c(O)ccc4O)c4ccc(S(=O)(=O)O)cc4C3(C)CCCS(=O)(=O)O)=C2C=C1. The average molecular weight is 1180 g/mol. The summed E-state index contributed by atoms with van der Waals surface area (Å²) in [7, 11) is -11.6. The quantitative estimate of drug-likeness (QED) is 0.0472. The molecule has 2 unspecified atom stereocenters. The van der Waals surface area contributed by atoms with Crippen LogP contribution in [0.1, 0.15) is 38.2 Å². The van der Waals surface area contributed by atoms with Crippen LogP contribution in [0.3, 0.4) is 0 Å². The summed E-state index contributed by atoms with van der Waals surface area (Å²) in [6.07, 6.45) is 14.2. The van der Waals surface area contributed by atoms with Crippen LogP contribution in [0.4, 0.5) is 5.69 Å². The van der Waals surface area contributed by atoms with E-state index in [-0.39, 0.29) is 90.0 Å². The van der Waals surface area contributed by atoms with E-state index < -0.39 is 71.1 Å². The molecule has 0 bridgehead atoms. The van der Waals surface area contributed by atoms with Gasteiger partial charge in [-0.05, 0) is 79.8 Å². The summed E-state index contributed by atoms with van der Waals surface area (Å²) >= 11 is 0. The van der Waals surface area contributed by atoms with Crippen molar-refractivity contribution in [1.82, 2.24) is 9.63 Å². The number of nitrogens with zero attached hydrogens (tertiary/aromatic N) is 3. The molecule has 2 aromatic rings. The number of hydrogen-bond donors (Lipinski definition) is 5. The highest BCUT2D eigenvalue weighted by Crippen LogP contribution is 2.51. The normalized spacial score (nSPS) is 17.9. The molecule has 3 aliphatic rings. The van der Waals surface area contributed by atoms with Crippen LogP contribution in [0.25, 0.3) is 0 Å². The van der Waals surface area contributed by atoms with Crippen LogP contribution in [0.5, 0.6) is 11.8 Å². The number of anilines is 1. The molecule has 442 valence electrons. The summed E-state index contributed by atoms with van der Waals surface area (Å²) in [5.74, 6) is -2.56. The molecule has 0 radical (unpaired) electrons. The molecule has 28 heteroatoms. The molecule has 3 heterocycles. The standard InChI is InChI=1S/C51H73N3O22S3/c1-51(16-4-36-77(58,59)60)44-39-42(79(64,65)66)9-11-45(44)53(19-23-70-28-31-74-35-34-72-29-26-68-20-15-50(57)76-54-48(55)12-13-49(54)56)47(51)7-3-6-40-14-21-75-46-38-41(8-10-43(40)46)52(17-5-37-78(61,62)63)18-22-69-27-30-73-33-32-71-25-24-67-2/h3,6-14,21,38-39,46,55-56H,4-5,15-20,22-37H2,1-2H3,(H,58,59,60)(H,61,62,63)(H,64,65,66). The minimum atomic E-state index is -4.65. The number of methoxy groups -OCH3 is 1. The van der Waals surface area contributed by atoms with Gasteiger partial charge in [0, 0.05) is 66.9 Å². The number of rotatable bonds is 40. The van der Waals surface area contributed by atoms with E-state index in [1.807, 2.05) is 53.2 Å². The number of ether oxygens (including phenoxy) is 9. The largest absolute Gasteiger partial charge is 0.492 e. The lowest BCUT2D eigenvalue weighted by molar-refractivity contribution is -0.146. The van der Waals surface area contributed by atoms with Gasteiger partial charge in [-0.2, -0.15) is 25.3 Å². The third-order valence-electron chi connectivity index (χ3n) is 12.4. The lowest BCUT2D eigenvalue weighted by Gasteiger charge is -2.31. The van der Waals surface area contributed by atoms with Crippen LogP contribution < -0.4 is 9.74 Å². The third-order valence-corrected chi connectivity index (χ3v) is 14.8. The summed E-state index contributed by atoms with van der Waals surface area (Å²) < 4.78 is 152. The number of carbonyl (C=O) groups is 1. The van der Waals surface area contributed by atoms with Crippen LogP contribution in [-0.2, 0) is 83.2 Å². The van der Waals surface area contributed by atoms with E-state index in [0.717, 1.165) is 16.8 Å². The van der Waals surface area contributed by atoms with Gasteiger partial charge < -0.3 is 67.5 Å². The first kappa shape index (κ1) is 64.6. The van der Waals surface area contributed by atoms with Crippen molar-refractivity contribution in [2.45, 2.75) is 49.0 Å². The fraction of sp³-hybridized carbons (Fsp3) is 0.549. The van der Waals surface area contributed by atoms with Gasteiger partial charge in [-0.3, -0.25) is 13.7 Å². The third kappa shape index (κ3) is 22.0. The summed E-state index contributed by atoms with van der Waals surface area (Å²) in [4.78, 5) is 20.3. The predicted octanol–water partition coefficient (Wildman–Crippen LogP) is 3.38. The second-order valence-corrected chi connectivity index (χ2v) is 22.7. The van der Waals surface area contributed by atoms with E-state index in [1.165, 1.54) is 24.3 Å². The Morgan fingerprint density at radius 2 is 1.28 bits per heavy atom. The van der Waals surface area contributed by atoms with Crippen molar-refractivity contribution in [3.63, 3.8) is 0 Å². The topological polar surface area (TPSA) is 324 Å². The van der Waals surface area contributed by atoms with Crippen molar-refractivity contribution >= 4 is 42.0 Å². The van der Waals surface area contributed by atoms with Crippen LogP contribution >= 0.6 is 0 Å². The monoisotopic (exact) mass is 1180 g/mol. The van der Waals surface area contributed by atoms with Crippen molar-refractivity contribution < 1.29 is 101 Å². The number of fused-ring (bicyclic) bond motifs is 2. The second kappa shape index (κ2) is 32.3. The Balaban J connectivity index is 1.21. The molecular formula is C51H73N3O22S3. The number of aromatic hydroxyl groups is 2. The Morgan fingerprint density at radius 1 is 0.709 bits per heavy atom. The molecule has 2 atom stereocenters. The summed E-state index contributed by atoms with van der Waals surface area (Å²) in [6, 6.07) is 6.55. The zero-order valence-corrected chi connectivity index (χ0v) is 46.7. The first-order valence-electron chi connectivity index (χ1n) is 25.4. The van der Waals surface area contributed by atoms with E-state index in [0.29, 0.717) is 81.0 Å². The van der Waals surface area contributed by atoms with E-state index >= 15 is 0 Å². The molecule has 1 aromatic heterocycles. The molecule has 0 saturated carbocycles. The van der Waals surface area contributed by atoms with Crippen molar-refractivity contribution in [3.05, 3.63) is 107 Å². The van der Waals surface area contributed by atoms with Gasteiger partial charge >= 0.3 is 5.97 Å². The highest BCUT2D eigenvalue weighted by atomic mass is 32.2. The van der Waals surface area contributed by atoms with Gasteiger partial charge in [0.15, 0.2) is 0 Å². The summed E-state index contributed by atoms with van der Waals surface area (Å²) in [6.45, 7) is 7.12. The zero-order valence-electron chi connectivity index (χ0n) is 44.3. The molecule has 1 aliphatic carbocycles. The first-order valence-corrected chi connectivity index (χ1v) is 30.1. The maximum atomic E-state index is 12.4. The summed E-state index contributed by atoms with van der Waals surface area (Å²) in [5.41, 5.74) is 3.06. The van der Waals surface area contributed by atoms with Crippen LogP contribution in [0, 0.1) is 0 Å². The fourth-order valence-electron chi connectivity index (χ4n) is 8.53. The molecule has 25 nitrogen and oxygen atoms in total. The minimum Gasteiger partial charge on any atom is -0.492 e. The first-order chi connectivity index (χ1) is 37.7. The number of allylic oxidation sites excluding steroid dienone is 7. The number of hydrogen-bond acceptors (Lipinski definition) is 21. The van der Waals surface area contributed by atoms with Gasteiger partial charge in [-0.25, -0.2) is 4.79 Å². The van der Waals surface area contributed by atoms with E-state index in [1.54, 1.807) is 25.5 Å². The van der Waals surface area contributed by atoms with Gasteiger partial charge in [0.05, 0.1) is 128 Å². The van der Waals surface area contributed by atoms with Crippen molar-refractivity contribution in [3.8, 4) is 11.8 Å². The maximum Gasteiger partial charge on any atom is 0.335 e. The molecule has 1 aromatic carbocycles. The molecule has 5 rings (SSSR count). The Labute approximate surface area is 461 Å². The van der Waals surface area contributed by atoms with Crippen molar-refractivity contribution in [2.75, 3.05) is 142 Å². The lowest BCUT2D eigenvalue weighted by atomic mass is 9.77. The van der Waals surface area contributed by atoms with Crippen molar-refractivity contribution in [1.29, 1.82) is 0 Å². The van der Waals surface area contributed by atoms with E-state index in [9.17, 15) is 53.9 Å². The molecule has 79 heavy (non-hydrogen) atoms. The molecule has 2 aliphatic heterocycles. The average Bonchev–Trinajstić information content (AvgIpc) is 4.03. The van der Waals surface area contributed by atoms with Gasteiger partial charge in [-0.1, -0.05) is 18.2 Å². The second-order valence-electron chi connectivity index (χ2n) is 18.1. The number of benzene rings is 1. The van der Waals surface area contributed by atoms with Crippen LogP contribution in [-0.4, -0.2) is 208 Å². The fourth-order valence-corrected chi connectivity index (χ4v) is 10.0. The predicted molar refractivity (Wildman–Crippen MR) is 286 cm³/mol. The van der Waals surface area contributed by atoms with Gasteiger partial charge in [0.25, 0.3) is 30.4 Å². The molecule has 0 spiro atoms. The van der Waals surface area contributed by atoms with Crippen LogP contribution in [0.15, 0.2) is 107 Å². The molecule has 0 saturated heterocycles. The van der Waals surface area contributed by atoms with E-state index in [4.69, 9.17) is 47.5 Å². The Morgan fingerprint density at radius 3 is 1.87 bits per heavy atom. The minimum absolute atomic E-state index is 0.00532. The smallest absolute Gasteiger partial charge is 0.335 e. The molecule has 5 N–H and O–H groups in total. The molecule has 0 fully saturated rings. The molecular weight excluding hydrogens is 1100 g/mol. The van der Waals surface area contributed by atoms with Gasteiger partial charge in [0.1, 0.15) is 6.10 Å². The Kier molecular flexibility index (Phi) is 26.4. The number of aromatic nitrogens is 1. The lowest BCUT2D eigenvalue weighted by Crippen LogP contribution is -2.31. The van der Waals surface area contributed by atoms with E-state index in [2.05, 4.69) is 0 Å². The highest BCUT2D eigenvalue weighted by molar-refractivity contribution is 7.86. The van der Waals surface area contributed by atoms with Crippen LogP contribution in [0.2, 0.25) is 0 Å². The molecule has 0 amide bonds. The Hall–Kier alpha value is -5.18. The summed E-state index contributed by atoms with van der Waals surface area (Å²) in [5, 5.41) is 19.1. The Bertz CT molecular complexity index is 2790. The highest BCUT2D eigenvalue weighted by Gasteiger charge is 2.44.